The molecule has 132 valence electrons. The summed E-state index contributed by atoms with van der Waals surface area (Å²) in [6, 6.07) is 15.7. The molecule has 0 spiro atoms. The fourth-order valence-electron chi connectivity index (χ4n) is 2.42. The van der Waals surface area contributed by atoms with Crippen LogP contribution in [0.2, 0.25) is 0 Å². The van der Waals surface area contributed by atoms with Crippen molar-refractivity contribution >= 4 is 35.0 Å². The number of pyridine rings is 1. The number of hydrogen-bond acceptors (Lipinski definition) is 5. The monoisotopic (exact) mass is 381 g/mol. The maximum absolute atomic E-state index is 12.2. The topological polar surface area (TPSA) is 39.2 Å². The highest BCUT2D eigenvalue weighted by atomic mass is 32.2. The van der Waals surface area contributed by atoms with Gasteiger partial charge in [-0.1, -0.05) is 18.2 Å². The van der Waals surface area contributed by atoms with E-state index in [0.717, 1.165) is 37.4 Å². The van der Waals surface area contributed by atoms with Gasteiger partial charge in [-0.05, 0) is 55.0 Å². The standard InChI is InChI=1S/C21H19NO2S2/c1-15-6-11-20(26-15)18(23)9-7-16-8-10-19(24-2)17(13-16)14-25-21-5-3-4-12-22-21/h3-13H,14H2,1-2H3/b9-7+. The number of allylic oxidation sites excluding steroid dienone is 1. The van der Waals surface area contributed by atoms with E-state index in [1.807, 2.05) is 55.5 Å². The van der Waals surface area contributed by atoms with Gasteiger partial charge in [0.15, 0.2) is 5.78 Å². The Balaban J connectivity index is 1.74. The average molecular weight is 382 g/mol. The lowest BCUT2D eigenvalue weighted by Gasteiger charge is -2.09. The van der Waals surface area contributed by atoms with E-state index in [4.69, 9.17) is 4.74 Å². The minimum atomic E-state index is 0.0309. The van der Waals surface area contributed by atoms with Gasteiger partial charge in [0, 0.05) is 22.4 Å². The summed E-state index contributed by atoms with van der Waals surface area (Å²) in [6.07, 6.45) is 5.27. The first kappa shape index (κ1) is 18.4. The quantitative estimate of drug-likeness (QED) is 0.301. The van der Waals surface area contributed by atoms with Crippen LogP contribution < -0.4 is 4.74 Å². The lowest BCUT2D eigenvalue weighted by atomic mass is 10.1. The number of ether oxygens (including phenoxy) is 1. The summed E-state index contributed by atoms with van der Waals surface area (Å²) < 4.78 is 5.46. The predicted molar refractivity (Wildman–Crippen MR) is 109 cm³/mol. The molecule has 0 unspecified atom stereocenters. The van der Waals surface area contributed by atoms with Crippen molar-refractivity contribution in [1.29, 1.82) is 0 Å². The molecule has 0 N–H and O–H groups in total. The van der Waals surface area contributed by atoms with Crippen LogP contribution in [0, 0.1) is 6.92 Å². The van der Waals surface area contributed by atoms with Crippen LogP contribution in [0.25, 0.3) is 6.08 Å². The molecule has 3 aromatic rings. The molecule has 0 atom stereocenters. The summed E-state index contributed by atoms with van der Waals surface area (Å²) in [5.41, 5.74) is 2.05. The Morgan fingerprint density at radius 3 is 2.81 bits per heavy atom. The zero-order valence-electron chi connectivity index (χ0n) is 14.6. The minimum Gasteiger partial charge on any atom is -0.496 e. The van der Waals surface area contributed by atoms with E-state index in [1.54, 1.807) is 31.1 Å². The highest BCUT2D eigenvalue weighted by Gasteiger charge is 2.07. The van der Waals surface area contributed by atoms with Crippen molar-refractivity contribution in [3.8, 4) is 5.75 Å². The molecule has 1 aromatic carbocycles. The Morgan fingerprint density at radius 2 is 2.12 bits per heavy atom. The van der Waals surface area contributed by atoms with Crippen molar-refractivity contribution in [2.45, 2.75) is 17.7 Å². The number of benzene rings is 1. The Morgan fingerprint density at radius 1 is 1.23 bits per heavy atom. The number of ketones is 1. The maximum atomic E-state index is 12.2. The molecule has 5 heteroatoms. The number of thiophene rings is 1. The van der Waals surface area contributed by atoms with Crippen LogP contribution in [-0.4, -0.2) is 17.9 Å². The van der Waals surface area contributed by atoms with Crippen molar-refractivity contribution in [3.63, 3.8) is 0 Å². The number of nitrogens with zero attached hydrogens (tertiary/aromatic N) is 1. The van der Waals surface area contributed by atoms with Crippen molar-refractivity contribution in [2.75, 3.05) is 7.11 Å². The second-order valence-corrected chi connectivity index (χ2v) is 7.92. The first-order valence-electron chi connectivity index (χ1n) is 8.15. The second-order valence-electron chi connectivity index (χ2n) is 5.64. The number of hydrogen-bond donors (Lipinski definition) is 0. The molecular weight excluding hydrogens is 362 g/mol. The molecule has 0 radical (unpaired) electrons. The third kappa shape index (κ3) is 4.84. The van der Waals surface area contributed by atoms with Gasteiger partial charge in [0.25, 0.3) is 0 Å². The Bertz CT molecular complexity index is 917. The maximum Gasteiger partial charge on any atom is 0.195 e. The molecule has 0 saturated carbocycles. The van der Waals surface area contributed by atoms with Gasteiger partial charge in [-0.25, -0.2) is 4.98 Å². The van der Waals surface area contributed by atoms with Gasteiger partial charge in [-0.2, -0.15) is 0 Å². The molecule has 2 aromatic heterocycles. The number of methoxy groups -OCH3 is 1. The van der Waals surface area contributed by atoms with E-state index in [9.17, 15) is 4.79 Å². The highest BCUT2D eigenvalue weighted by molar-refractivity contribution is 7.98. The van der Waals surface area contributed by atoms with E-state index < -0.39 is 0 Å². The van der Waals surface area contributed by atoms with E-state index in [2.05, 4.69) is 11.1 Å². The largest absolute Gasteiger partial charge is 0.496 e. The molecule has 0 aliphatic heterocycles. The summed E-state index contributed by atoms with van der Waals surface area (Å²) in [5, 5.41) is 0.971. The van der Waals surface area contributed by atoms with Crippen LogP contribution in [-0.2, 0) is 5.75 Å². The number of carbonyl (C=O) groups excluding carboxylic acids is 1. The van der Waals surface area contributed by atoms with Crippen LogP contribution in [0.4, 0.5) is 0 Å². The zero-order chi connectivity index (χ0) is 18.4. The summed E-state index contributed by atoms with van der Waals surface area (Å²) in [5.74, 6) is 1.62. The van der Waals surface area contributed by atoms with Crippen molar-refractivity contribution < 1.29 is 9.53 Å². The van der Waals surface area contributed by atoms with Crippen LogP contribution >= 0.6 is 23.1 Å². The number of aryl methyl sites for hydroxylation is 1. The van der Waals surface area contributed by atoms with E-state index in [1.165, 1.54) is 11.3 Å². The molecule has 0 fully saturated rings. The summed E-state index contributed by atoms with van der Waals surface area (Å²) >= 11 is 3.17. The molecular formula is C21H19NO2S2. The normalized spacial score (nSPS) is 11.0. The smallest absolute Gasteiger partial charge is 0.195 e. The first-order chi connectivity index (χ1) is 12.7. The highest BCUT2D eigenvalue weighted by Crippen LogP contribution is 2.28. The number of aromatic nitrogens is 1. The van der Waals surface area contributed by atoms with Crippen molar-refractivity contribution in [3.05, 3.63) is 81.7 Å². The van der Waals surface area contributed by atoms with E-state index >= 15 is 0 Å². The number of carbonyl (C=O) groups is 1. The Kier molecular flexibility index (Phi) is 6.26. The molecule has 26 heavy (non-hydrogen) atoms. The lowest BCUT2D eigenvalue weighted by Crippen LogP contribution is -1.93. The van der Waals surface area contributed by atoms with E-state index in [-0.39, 0.29) is 5.78 Å². The zero-order valence-corrected chi connectivity index (χ0v) is 16.3. The fraction of sp³-hybridized carbons (Fsp3) is 0.143. The average Bonchev–Trinajstić information content (AvgIpc) is 3.12. The molecule has 3 nitrogen and oxygen atoms in total. The number of rotatable bonds is 7. The third-order valence-corrected chi connectivity index (χ3v) is 5.74. The summed E-state index contributed by atoms with van der Waals surface area (Å²) in [4.78, 5) is 18.5. The minimum absolute atomic E-state index is 0.0309. The van der Waals surface area contributed by atoms with Crippen LogP contribution in [0.1, 0.15) is 25.7 Å². The van der Waals surface area contributed by atoms with Gasteiger partial charge >= 0.3 is 0 Å². The molecule has 0 aliphatic rings. The van der Waals surface area contributed by atoms with Gasteiger partial charge in [-0.15, -0.1) is 23.1 Å². The van der Waals surface area contributed by atoms with Gasteiger partial charge in [-0.3, -0.25) is 4.79 Å². The Hall–Kier alpha value is -2.37. The molecule has 2 heterocycles. The number of thioether (sulfide) groups is 1. The SMILES string of the molecule is COc1ccc(/C=C/C(=O)c2ccc(C)s2)cc1CSc1ccccn1. The third-order valence-electron chi connectivity index (χ3n) is 3.73. The first-order valence-corrected chi connectivity index (χ1v) is 9.95. The predicted octanol–water partition coefficient (Wildman–Crippen LogP) is 5.65. The van der Waals surface area contributed by atoms with Gasteiger partial charge in [0.1, 0.15) is 5.75 Å². The van der Waals surface area contributed by atoms with Crippen molar-refractivity contribution in [1.82, 2.24) is 4.98 Å². The molecule has 0 bridgehead atoms. The lowest BCUT2D eigenvalue weighted by molar-refractivity contribution is 0.105. The molecule has 0 amide bonds. The fourth-order valence-corrected chi connectivity index (χ4v) is 4.05. The van der Waals surface area contributed by atoms with Crippen LogP contribution in [0.5, 0.6) is 5.75 Å². The molecule has 0 aliphatic carbocycles. The molecule has 0 saturated heterocycles. The Labute approximate surface area is 161 Å². The van der Waals surface area contributed by atoms with Gasteiger partial charge < -0.3 is 4.74 Å². The van der Waals surface area contributed by atoms with Gasteiger partial charge in [0.2, 0.25) is 0 Å². The summed E-state index contributed by atoms with van der Waals surface area (Å²) in [6.45, 7) is 2.00. The second kappa shape index (κ2) is 8.83. The van der Waals surface area contributed by atoms with Crippen LogP contribution in [0.3, 0.4) is 0 Å². The van der Waals surface area contributed by atoms with Crippen molar-refractivity contribution in [2.24, 2.45) is 0 Å². The van der Waals surface area contributed by atoms with E-state index in [0.29, 0.717) is 0 Å². The summed E-state index contributed by atoms with van der Waals surface area (Å²) in [7, 11) is 1.67. The van der Waals surface area contributed by atoms with Gasteiger partial charge in [0.05, 0.1) is 17.0 Å². The van der Waals surface area contributed by atoms with Crippen LogP contribution in [0.15, 0.2) is 65.8 Å². The molecule has 3 rings (SSSR count).